The van der Waals surface area contributed by atoms with Crippen LogP contribution in [0.15, 0.2) is 22.2 Å². The summed E-state index contributed by atoms with van der Waals surface area (Å²) in [6.07, 6.45) is -1.64. The van der Waals surface area contributed by atoms with Crippen molar-refractivity contribution in [3.63, 3.8) is 0 Å². The van der Waals surface area contributed by atoms with Crippen LogP contribution in [0, 0.1) is 11.8 Å². The van der Waals surface area contributed by atoms with Crippen LogP contribution in [0.4, 0.5) is 20.1 Å². The smallest absolute Gasteiger partial charge is 0.507 e. The number of anilines is 1. The van der Waals surface area contributed by atoms with E-state index in [0.29, 0.717) is 16.9 Å². The Morgan fingerprint density at radius 2 is 1.44 bits per heavy atom. The number of aliphatic hydroxyl groups is 1. The molecule has 2 amide bonds. The number of Topliss-reactive ketones (excluding diaryl/α,β-unsaturated/α-hetero) is 2. The Kier molecular flexibility index (Phi) is 13.3. The van der Waals surface area contributed by atoms with Crippen molar-refractivity contribution >= 4 is 49.7 Å². The van der Waals surface area contributed by atoms with Gasteiger partial charge in [-0.1, -0.05) is 34.1 Å². The molecule has 17 heteroatoms. The minimum atomic E-state index is -3.02. The summed E-state index contributed by atoms with van der Waals surface area (Å²) >= 11 is 0. The third-order valence-electron chi connectivity index (χ3n) is 11.6. The molecule has 4 atom stereocenters. The summed E-state index contributed by atoms with van der Waals surface area (Å²) in [5.74, 6) is -3.68. The van der Waals surface area contributed by atoms with Gasteiger partial charge in [-0.25, -0.2) is 14.4 Å². The van der Waals surface area contributed by atoms with Crippen molar-refractivity contribution in [2.45, 2.75) is 162 Å². The SMILES string of the molecule is CCCCOc1noc2c1C(=O)[C@@]1(O[Si](C)(C)C(C)(C)C)C(=O)C3=C(O)c4c(cc(N(C(=O)OC(C)(C)C)C(=O)OC(C)(C)C)cc4OC(=O)OC(C)(C)C)C[C@H]3C[C@H]1[C@@H]2N(C)C. The van der Waals surface area contributed by atoms with Gasteiger partial charge in [0.2, 0.25) is 11.6 Å². The number of amides is 2. The second-order valence-corrected chi connectivity index (χ2v) is 26.2. The molecule has 1 aromatic heterocycles. The first-order chi connectivity index (χ1) is 28.7. The van der Waals surface area contributed by atoms with Crippen LogP contribution < -0.4 is 14.4 Å². The summed E-state index contributed by atoms with van der Waals surface area (Å²) < 4.78 is 41.8. The lowest BCUT2D eigenvalue weighted by Crippen LogP contribution is -2.68. The lowest BCUT2D eigenvalue weighted by Gasteiger charge is -2.55. The molecule has 0 spiro atoms. The van der Waals surface area contributed by atoms with Gasteiger partial charge in [0.05, 0.1) is 23.9 Å². The summed E-state index contributed by atoms with van der Waals surface area (Å²) in [4.78, 5) is 75.1. The fourth-order valence-electron chi connectivity index (χ4n) is 8.01. The highest BCUT2D eigenvalue weighted by Crippen LogP contribution is 2.59. The van der Waals surface area contributed by atoms with Gasteiger partial charge in [-0.2, -0.15) is 4.90 Å². The minimum Gasteiger partial charge on any atom is -0.507 e. The third kappa shape index (κ3) is 9.85. The average Bonchev–Trinajstić information content (AvgIpc) is 3.49. The molecule has 0 unspecified atom stereocenters. The molecule has 1 heterocycles. The summed E-state index contributed by atoms with van der Waals surface area (Å²) in [5, 5.41) is 16.3. The summed E-state index contributed by atoms with van der Waals surface area (Å²) in [7, 11) is 0.613. The maximum atomic E-state index is 15.8. The molecule has 3 aliphatic carbocycles. The molecule has 0 saturated heterocycles. The minimum absolute atomic E-state index is 0.0193. The third-order valence-corrected chi connectivity index (χ3v) is 16.0. The molecular formula is C46H67N3O13Si. The molecule has 5 rings (SSSR count). The van der Waals surface area contributed by atoms with Gasteiger partial charge < -0.3 is 37.7 Å². The van der Waals surface area contributed by atoms with Crippen LogP contribution in [0.3, 0.4) is 0 Å². The number of imide groups is 1. The Bertz CT molecular complexity index is 2150. The van der Waals surface area contributed by atoms with E-state index in [-0.39, 0.29) is 59.2 Å². The van der Waals surface area contributed by atoms with Gasteiger partial charge in [0, 0.05) is 17.6 Å². The molecule has 0 aliphatic heterocycles. The number of rotatable bonds is 9. The van der Waals surface area contributed by atoms with Crippen LogP contribution >= 0.6 is 0 Å². The van der Waals surface area contributed by atoms with E-state index in [2.05, 4.69) is 5.16 Å². The van der Waals surface area contributed by atoms with Crippen LogP contribution in [-0.4, -0.2) is 96.5 Å². The van der Waals surface area contributed by atoms with E-state index in [1.54, 1.807) is 62.3 Å². The molecule has 1 fully saturated rings. The zero-order chi connectivity index (χ0) is 47.6. The van der Waals surface area contributed by atoms with Crippen LogP contribution in [0.5, 0.6) is 11.6 Å². The summed E-state index contributed by atoms with van der Waals surface area (Å²) in [6, 6.07) is 1.98. The fourth-order valence-corrected chi connectivity index (χ4v) is 9.46. The summed E-state index contributed by atoms with van der Waals surface area (Å²) in [6.45, 7) is 26.9. The van der Waals surface area contributed by atoms with Crippen molar-refractivity contribution in [1.29, 1.82) is 0 Å². The second kappa shape index (κ2) is 17.0. The summed E-state index contributed by atoms with van der Waals surface area (Å²) in [5.41, 5.74) is -5.17. The van der Waals surface area contributed by atoms with Crippen molar-refractivity contribution in [1.82, 2.24) is 10.1 Å². The molecule has 1 N–H and O–H groups in total. The number of carbonyl (C=O) groups is 5. The predicted molar refractivity (Wildman–Crippen MR) is 237 cm³/mol. The van der Waals surface area contributed by atoms with Crippen molar-refractivity contribution in [3.05, 3.63) is 40.2 Å². The van der Waals surface area contributed by atoms with Gasteiger partial charge in [0.25, 0.3) is 5.88 Å². The standard InChI is InChI=1S/C46H67N3O13Si/c1-18-19-20-56-38-32-35(61-47-38)33(48(14)15)28-23-26-21-25-22-27(49(39(53)58-42(2,3)4)40(54)59-43(5,6)7)24-29(57-41(55)60-44(8,9)10)30(25)34(50)31(26)36(51)46(28,37(32)52)62-63(16,17)45(11,12)13/h22,24,26,28,33,50H,18-21,23H2,1-17H3/t26-,28-,33-,46-/m0/s1. The first kappa shape index (κ1) is 49.3. The molecule has 16 nitrogen and oxygen atoms in total. The molecule has 348 valence electrons. The molecule has 0 radical (unpaired) electrons. The number of hydrogen-bond acceptors (Lipinski definition) is 15. The second-order valence-electron chi connectivity index (χ2n) is 21.4. The van der Waals surface area contributed by atoms with Gasteiger partial charge in [0.1, 0.15) is 33.9 Å². The Morgan fingerprint density at radius 1 is 0.873 bits per heavy atom. The van der Waals surface area contributed by atoms with E-state index in [1.807, 2.05) is 59.8 Å². The largest absolute Gasteiger partial charge is 0.514 e. The lowest BCUT2D eigenvalue weighted by molar-refractivity contribution is -0.140. The number of benzene rings is 1. The maximum Gasteiger partial charge on any atom is 0.514 e. The van der Waals surface area contributed by atoms with Gasteiger partial charge in [-0.3, -0.25) is 14.5 Å². The van der Waals surface area contributed by atoms with Crippen molar-refractivity contribution < 1.29 is 61.7 Å². The van der Waals surface area contributed by atoms with E-state index in [9.17, 15) is 19.5 Å². The van der Waals surface area contributed by atoms with Crippen molar-refractivity contribution in [2.24, 2.45) is 11.8 Å². The quantitative estimate of drug-likeness (QED) is 0.0623. The zero-order valence-corrected chi connectivity index (χ0v) is 41.1. The highest BCUT2D eigenvalue weighted by molar-refractivity contribution is 6.74. The van der Waals surface area contributed by atoms with Gasteiger partial charge in [-0.15, -0.1) is 0 Å². The van der Waals surface area contributed by atoms with Crippen LogP contribution in [-0.2, 0) is 29.9 Å². The van der Waals surface area contributed by atoms with Crippen LogP contribution in [0.1, 0.15) is 143 Å². The van der Waals surface area contributed by atoms with E-state index in [4.69, 9.17) is 32.6 Å². The number of carbonyl (C=O) groups excluding carboxylic acids is 5. The predicted octanol–water partition coefficient (Wildman–Crippen LogP) is 10.1. The van der Waals surface area contributed by atoms with E-state index in [1.165, 1.54) is 12.1 Å². The average molecular weight is 898 g/mol. The van der Waals surface area contributed by atoms with Crippen molar-refractivity contribution in [3.8, 4) is 11.6 Å². The highest BCUT2D eigenvalue weighted by atomic mass is 28.4. The molecule has 63 heavy (non-hydrogen) atoms. The number of fused-ring (bicyclic) bond motifs is 4. The Labute approximate surface area is 372 Å². The molecular weight excluding hydrogens is 831 g/mol. The van der Waals surface area contributed by atoms with E-state index >= 15 is 9.59 Å². The number of ether oxygens (including phenoxy) is 5. The number of unbranched alkanes of at least 4 members (excludes halogenated alkanes) is 1. The number of hydrogen-bond donors (Lipinski definition) is 1. The number of ketones is 2. The van der Waals surface area contributed by atoms with E-state index in [0.717, 1.165) is 6.42 Å². The number of nitrogens with zero attached hydrogens (tertiary/aromatic N) is 3. The van der Waals surface area contributed by atoms with Crippen LogP contribution in [0.25, 0.3) is 5.76 Å². The first-order valence-corrected chi connectivity index (χ1v) is 24.5. The Morgan fingerprint density at radius 3 is 1.95 bits per heavy atom. The topological polar surface area (TPSA) is 193 Å². The molecule has 2 aromatic rings. The molecule has 1 aromatic carbocycles. The highest BCUT2D eigenvalue weighted by Gasteiger charge is 2.69. The number of aliphatic hydroxyl groups excluding tert-OH is 1. The normalized spacial score (nSPS) is 21.5. The van der Waals surface area contributed by atoms with Gasteiger partial charge >= 0.3 is 18.3 Å². The Hall–Kier alpha value is -4.74. The van der Waals surface area contributed by atoms with Crippen LogP contribution in [0.2, 0.25) is 18.1 Å². The first-order valence-electron chi connectivity index (χ1n) is 21.6. The van der Waals surface area contributed by atoms with Crippen molar-refractivity contribution in [2.75, 3.05) is 25.6 Å². The molecule has 1 saturated carbocycles. The van der Waals surface area contributed by atoms with Gasteiger partial charge in [0.15, 0.2) is 19.7 Å². The molecule has 3 aliphatic rings. The number of aromatic nitrogens is 1. The van der Waals surface area contributed by atoms with Gasteiger partial charge in [-0.05, 0) is 137 Å². The Balaban J connectivity index is 1.81. The van der Waals surface area contributed by atoms with E-state index < -0.39 is 89.3 Å². The molecule has 0 bridgehead atoms. The monoisotopic (exact) mass is 897 g/mol. The maximum absolute atomic E-state index is 15.8. The zero-order valence-electron chi connectivity index (χ0n) is 40.1. The fraction of sp³-hybridized carbons (Fsp3) is 0.652. The lowest BCUT2D eigenvalue weighted by atomic mass is 9.57.